The van der Waals surface area contributed by atoms with Crippen LogP contribution in [0.25, 0.3) is 11.0 Å². The quantitative estimate of drug-likeness (QED) is 0.726. The van der Waals surface area contributed by atoms with Crippen molar-refractivity contribution >= 4 is 17.0 Å². The molecule has 0 saturated heterocycles. The molecule has 1 heterocycles. The fourth-order valence-corrected chi connectivity index (χ4v) is 1.37. The number of halogens is 1. The average Bonchev–Trinajstić information content (AvgIpc) is 2.42. The minimum atomic E-state index is -1.18. The van der Waals surface area contributed by atoms with Crippen LogP contribution >= 0.6 is 0 Å². The van der Waals surface area contributed by atoms with Gasteiger partial charge in [0, 0.05) is 0 Å². The molecule has 0 spiro atoms. The minimum Gasteiger partial charge on any atom is -0.478 e. The molecule has 0 aliphatic rings. The molecule has 0 aliphatic heterocycles. The van der Waals surface area contributed by atoms with E-state index >= 15 is 0 Å². The van der Waals surface area contributed by atoms with E-state index in [2.05, 4.69) is 9.97 Å². The van der Waals surface area contributed by atoms with Crippen molar-refractivity contribution in [1.29, 1.82) is 0 Å². The average molecular weight is 194 g/mol. The van der Waals surface area contributed by atoms with Gasteiger partial charge in [0.1, 0.15) is 17.2 Å². The zero-order chi connectivity index (χ0) is 10.3. The summed E-state index contributed by atoms with van der Waals surface area (Å²) in [6.45, 7) is 1.68. The van der Waals surface area contributed by atoms with Gasteiger partial charge in [0.05, 0.1) is 11.1 Å². The van der Waals surface area contributed by atoms with E-state index < -0.39 is 11.8 Å². The molecule has 0 amide bonds. The molecule has 0 bridgehead atoms. The van der Waals surface area contributed by atoms with Gasteiger partial charge in [-0.2, -0.15) is 0 Å². The summed E-state index contributed by atoms with van der Waals surface area (Å²) >= 11 is 0. The van der Waals surface area contributed by atoms with Crippen LogP contribution in [0.1, 0.15) is 16.2 Å². The number of aromatic nitrogens is 2. The maximum absolute atomic E-state index is 13.0. The van der Waals surface area contributed by atoms with Crippen molar-refractivity contribution in [2.45, 2.75) is 6.92 Å². The first-order valence-electron chi connectivity index (χ1n) is 3.97. The summed E-state index contributed by atoms with van der Waals surface area (Å²) in [5, 5.41) is 8.80. The molecule has 4 nitrogen and oxygen atoms in total. The van der Waals surface area contributed by atoms with Crippen molar-refractivity contribution in [2.75, 3.05) is 0 Å². The summed E-state index contributed by atoms with van der Waals surface area (Å²) in [5.41, 5.74) is 0.570. The monoisotopic (exact) mass is 194 g/mol. The number of imidazole rings is 1. The van der Waals surface area contributed by atoms with Crippen molar-refractivity contribution in [3.63, 3.8) is 0 Å². The molecule has 0 radical (unpaired) electrons. The summed E-state index contributed by atoms with van der Waals surface area (Å²) in [7, 11) is 0. The Bertz CT molecular complexity index is 519. The zero-order valence-electron chi connectivity index (χ0n) is 7.34. The number of benzene rings is 1. The first-order chi connectivity index (χ1) is 6.58. The Balaban J connectivity index is 2.85. The number of hydrogen-bond donors (Lipinski definition) is 2. The Hall–Kier alpha value is -1.91. The van der Waals surface area contributed by atoms with E-state index in [1.807, 2.05) is 0 Å². The van der Waals surface area contributed by atoms with Gasteiger partial charge in [-0.3, -0.25) is 0 Å². The van der Waals surface area contributed by atoms with Crippen LogP contribution in [0.15, 0.2) is 12.1 Å². The predicted octanol–water partition coefficient (Wildman–Crippen LogP) is 1.71. The topological polar surface area (TPSA) is 66.0 Å². The van der Waals surface area contributed by atoms with E-state index in [1.165, 1.54) is 6.07 Å². The number of H-pyrrole nitrogens is 1. The highest BCUT2D eigenvalue weighted by Crippen LogP contribution is 2.18. The first-order valence-corrected chi connectivity index (χ1v) is 3.97. The maximum Gasteiger partial charge on any atom is 0.338 e. The molecule has 0 unspecified atom stereocenters. The van der Waals surface area contributed by atoms with E-state index in [0.717, 1.165) is 6.07 Å². The fourth-order valence-electron chi connectivity index (χ4n) is 1.37. The second kappa shape index (κ2) is 2.80. The number of aryl methyl sites for hydroxylation is 1. The van der Waals surface area contributed by atoms with Gasteiger partial charge in [0.2, 0.25) is 0 Å². The molecule has 2 rings (SSSR count). The van der Waals surface area contributed by atoms with Crippen LogP contribution < -0.4 is 0 Å². The molecule has 2 N–H and O–H groups in total. The van der Waals surface area contributed by atoms with E-state index in [0.29, 0.717) is 11.3 Å². The molecule has 0 fully saturated rings. The summed E-state index contributed by atoms with van der Waals surface area (Å²) in [6, 6.07) is 2.19. The number of aromatic amines is 1. The van der Waals surface area contributed by atoms with Gasteiger partial charge < -0.3 is 10.1 Å². The van der Waals surface area contributed by atoms with Crippen LogP contribution in [0, 0.1) is 12.7 Å². The molecule has 14 heavy (non-hydrogen) atoms. The fraction of sp³-hybridized carbons (Fsp3) is 0.111. The minimum absolute atomic E-state index is 0.121. The molecule has 0 saturated carbocycles. The Morgan fingerprint density at radius 1 is 1.57 bits per heavy atom. The van der Waals surface area contributed by atoms with Crippen LogP contribution in [0.3, 0.4) is 0 Å². The van der Waals surface area contributed by atoms with Crippen LogP contribution in [0.5, 0.6) is 0 Å². The number of aromatic carboxylic acids is 1. The van der Waals surface area contributed by atoms with Crippen LogP contribution in [0.4, 0.5) is 4.39 Å². The SMILES string of the molecule is Cc1nc2c(C(=O)O)cc(F)cc2[nH]1. The lowest BCUT2D eigenvalue weighted by molar-refractivity contribution is 0.0698. The molecule has 5 heteroatoms. The molecule has 1 aromatic heterocycles. The molecular weight excluding hydrogens is 187 g/mol. The molecule has 0 atom stereocenters. The second-order valence-electron chi connectivity index (χ2n) is 2.98. The molecule has 1 aromatic carbocycles. The number of carboxylic acid groups (broad SMARTS) is 1. The number of hydrogen-bond acceptors (Lipinski definition) is 2. The largest absolute Gasteiger partial charge is 0.478 e. The molecule has 72 valence electrons. The zero-order valence-corrected chi connectivity index (χ0v) is 7.34. The highest BCUT2D eigenvalue weighted by molar-refractivity contribution is 6.00. The molecule has 0 aliphatic carbocycles. The lowest BCUT2D eigenvalue weighted by atomic mass is 10.2. The van der Waals surface area contributed by atoms with E-state index in [1.54, 1.807) is 6.92 Å². The number of nitrogens with one attached hydrogen (secondary N) is 1. The highest BCUT2D eigenvalue weighted by Gasteiger charge is 2.13. The molecule has 2 aromatic rings. The van der Waals surface area contributed by atoms with Crippen molar-refractivity contribution < 1.29 is 14.3 Å². The smallest absolute Gasteiger partial charge is 0.338 e. The van der Waals surface area contributed by atoms with Gasteiger partial charge in [-0.1, -0.05) is 0 Å². The van der Waals surface area contributed by atoms with E-state index in [-0.39, 0.29) is 11.1 Å². The lowest BCUT2D eigenvalue weighted by Crippen LogP contribution is -1.98. The number of carboxylic acids is 1. The third kappa shape index (κ3) is 1.22. The summed E-state index contributed by atoms with van der Waals surface area (Å²) in [5.74, 6) is -1.20. The highest BCUT2D eigenvalue weighted by atomic mass is 19.1. The summed E-state index contributed by atoms with van der Waals surface area (Å²) in [4.78, 5) is 17.5. The predicted molar refractivity (Wildman–Crippen MR) is 47.7 cm³/mol. The van der Waals surface area contributed by atoms with Gasteiger partial charge in [-0.05, 0) is 19.1 Å². The Labute approximate surface area is 78.4 Å². The van der Waals surface area contributed by atoms with Crippen molar-refractivity contribution in [1.82, 2.24) is 9.97 Å². The number of fused-ring (bicyclic) bond motifs is 1. The standard InChI is InChI=1S/C9H7FN2O2/c1-4-11-7-3-5(10)2-6(9(13)14)8(7)12-4/h2-3H,1H3,(H,11,12)(H,13,14). The Kier molecular flexibility index (Phi) is 1.73. The Morgan fingerprint density at radius 3 is 2.93 bits per heavy atom. The van der Waals surface area contributed by atoms with Crippen molar-refractivity contribution in [2.24, 2.45) is 0 Å². The van der Waals surface area contributed by atoms with Crippen molar-refractivity contribution in [3.8, 4) is 0 Å². The van der Waals surface area contributed by atoms with Gasteiger partial charge in [0.25, 0.3) is 0 Å². The van der Waals surface area contributed by atoms with Crippen molar-refractivity contribution in [3.05, 3.63) is 29.3 Å². The second-order valence-corrected chi connectivity index (χ2v) is 2.98. The number of rotatable bonds is 1. The first kappa shape index (κ1) is 8.68. The number of carbonyl (C=O) groups is 1. The van der Waals surface area contributed by atoms with Crippen LogP contribution in [-0.4, -0.2) is 21.0 Å². The third-order valence-corrected chi connectivity index (χ3v) is 1.90. The van der Waals surface area contributed by atoms with Crippen LogP contribution in [0.2, 0.25) is 0 Å². The summed E-state index contributed by atoms with van der Waals surface area (Å²) < 4.78 is 13.0. The van der Waals surface area contributed by atoms with E-state index in [4.69, 9.17) is 5.11 Å². The maximum atomic E-state index is 13.0. The van der Waals surface area contributed by atoms with Gasteiger partial charge in [0.15, 0.2) is 0 Å². The Morgan fingerprint density at radius 2 is 2.29 bits per heavy atom. The van der Waals surface area contributed by atoms with E-state index in [9.17, 15) is 9.18 Å². The van der Waals surface area contributed by atoms with Crippen LogP contribution in [-0.2, 0) is 0 Å². The third-order valence-electron chi connectivity index (χ3n) is 1.90. The van der Waals surface area contributed by atoms with Gasteiger partial charge in [-0.15, -0.1) is 0 Å². The summed E-state index contributed by atoms with van der Waals surface area (Å²) in [6.07, 6.45) is 0. The van der Waals surface area contributed by atoms with Gasteiger partial charge >= 0.3 is 5.97 Å². The number of nitrogens with zero attached hydrogens (tertiary/aromatic N) is 1. The lowest BCUT2D eigenvalue weighted by Gasteiger charge is -1.95. The van der Waals surface area contributed by atoms with Gasteiger partial charge in [-0.25, -0.2) is 14.2 Å². The normalized spacial score (nSPS) is 10.7. The molecular formula is C9H7FN2O2.